The molecule has 0 bridgehead atoms. The third-order valence-electron chi connectivity index (χ3n) is 2.35. The number of hydrogen-bond acceptors (Lipinski definition) is 3. The molecule has 18 heavy (non-hydrogen) atoms. The van der Waals surface area contributed by atoms with Gasteiger partial charge < -0.3 is 4.98 Å². The largest absolute Gasteiger partial charge is 0.325 e. The van der Waals surface area contributed by atoms with Gasteiger partial charge >= 0.3 is 0 Å². The van der Waals surface area contributed by atoms with Crippen molar-refractivity contribution < 1.29 is 0 Å². The van der Waals surface area contributed by atoms with Gasteiger partial charge in [0.25, 0.3) is 5.56 Å². The molecular formula is C14H13N3O. The van der Waals surface area contributed by atoms with E-state index in [1.54, 1.807) is 25.4 Å². The van der Waals surface area contributed by atoms with Crippen LogP contribution in [0.25, 0.3) is 11.1 Å². The van der Waals surface area contributed by atoms with Crippen LogP contribution in [0.1, 0.15) is 11.3 Å². The van der Waals surface area contributed by atoms with Gasteiger partial charge in [0, 0.05) is 23.7 Å². The Labute approximate surface area is 105 Å². The molecule has 2 aromatic heterocycles. The molecule has 0 saturated carbocycles. The predicted molar refractivity (Wildman–Crippen MR) is 71.0 cm³/mol. The lowest BCUT2D eigenvalue weighted by atomic mass is 10.0. The van der Waals surface area contributed by atoms with Crippen molar-refractivity contribution in [2.45, 2.75) is 6.92 Å². The number of aromatic amines is 1. The SMILES string of the molecule is C=C.Cc1[nH]c(=O)c(C#N)cc1-c1ccncc1. The fourth-order valence-corrected chi connectivity index (χ4v) is 1.54. The Hall–Kier alpha value is -2.67. The second kappa shape index (κ2) is 6.16. The molecule has 2 aromatic rings. The Bertz CT molecular complexity index is 624. The summed E-state index contributed by atoms with van der Waals surface area (Å²) < 4.78 is 0. The topological polar surface area (TPSA) is 69.5 Å². The number of pyridine rings is 2. The third-order valence-corrected chi connectivity index (χ3v) is 2.35. The van der Waals surface area contributed by atoms with Crippen molar-refractivity contribution >= 4 is 0 Å². The lowest BCUT2D eigenvalue weighted by Crippen LogP contribution is -2.11. The standard InChI is InChI=1S/C12H9N3O.C2H4/c1-8-11(9-2-4-14-5-3-9)6-10(7-13)12(16)15-8;1-2/h2-6H,1H3,(H,15,16);1-2H2. The molecule has 1 N–H and O–H groups in total. The maximum Gasteiger partial charge on any atom is 0.266 e. The average Bonchev–Trinajstić information content (AvgIpc) is 2.42. The van der Waals surface area contributed by atoms with Gasteiger partial charge in [0.1, 0.15) is 11.6 Å². The summed E-state index contributed by atoms with van der Waals surface area (Å²) in [7, 11) is 0. The van der Waals surface area contributed by atoms with Gasteiger partial charge in [-0.2, -0.15) is 5.26 Å². The van der Waals surface area contributed by atoms with Crippen LogP contribution in [-0.4, -0.2) is 9.97 Å². The summed E-state index contributed by atoms with van der Waals surface area (Å²) >= 11 is 0. The smallest absolute Gasteiger partial charge is 0.266 e. The minimum absolute atomic E-state index is 0.123. The van der Waals surface area contributed by atoms with Gasteiger partial charge in [-0.3, -0.25) is 9.78 Å². The molecule has 0 atom stereocenters. The first kappa shape index (κ1) is 13.4. The number of rotatable bonds is 1. The van der Waals surface area contributed by atoms with Gasteiger partial charge in [-0.25, -0.2) is 0 Å². The van der Waals surface area contributed by atoms with Crippen molar-refractivity contribution in [3.63, 3.8) is 0 Å². The van der Waals surface area contributed by atoms with E-state index in [1.165, 1.54) is 0 Å². The van der Waals surface area contributed by atoms with Crippen molar-refractivity contribution in [2.75, 3.05) is 0 Å². The average molecular weight is 239 g/mol. The predicted octanol–water partition coefficient (Wildman–Crippen LogP) is 2.42. The molecule has 4 heteroatoms. The van der Waals surface area contributed by atoms with Crippen LogP contribution in [0.4, 0.5) is 0 Å². The molecule has 0 aliphatic carbocycles. The Morgan fingerprint density at radius 2 is 1.94 bits per heavy atom. The number of aryl methyl sites for hydroxylation is 1. The second-order valence-corrected chi connectivity index (χ2v) is 3.40. The first-order valence-corrected chi connectivity index (χ1v) is 5.27. The molecule has 90 valence electrons. The van der Waals surface area contributed by atoms with E-state index >= 15 is 0 Å². The molecular weight excluding hydrogens is 226 g/mol. The molecule has 0 aromatic carbocycles. The van der Waals surface area contributed by atoms with E-state index in [0.29, 0.717) is 0 Å². The van der Waals surface area contributed by atoms with E-state index in [2.05, 4.69) is 23.1 Å². The van der Waals surface area contributed by atoms with Crippen LogP contribution in [0, 0.1) is 18.3 Å². The van der Waals surface area contributed by atoms with Gasteiger partial charge in [0.05, 0.1) is 0 Å². The maximum absolute atomic E-state index is 11.4. The van der Waals surface area contributed by atoms with Gasteiger partial charge in [0.2, 0.25) is 0 Å². The molecule has 0 radical (unpaired) electrons. The van der Waals surface area contributed by atoms with Crippen LogP contribution in [0.15, 0.2) is 48.5 Å². The summed E-state index contributed by atoms with van der Waals surface area (Å²) in [5, 5.41) is 8.80. The second-order valence-electron chi connectivity index (χ2n) is 3.40. The summed E-state index contributed by atoms with van der Waals surface area (Å²) in [5.74, 6) is 0. The van der Waals surface area contributed by atoms with Crippen LogP contribution in [0.5, 0.6) is 0 Å². The number of nitriles is 1. The number of nitrogens with one attached hydrogen (secondary N) is 1. The summed E-state index contributed by atoms with van der Waals surface area (Å²) in [5.41, 5.74) is 2.30. The highest BCUT2D eigenvalue weighted by atomic mass is 16.1. The van der Waals surface area contributed by atoms with Crippen molar-refractivity contribution in [2.24, 2.45) is 0 Å². The molecule has 2 rings (SSSR count). The first-order chi connectivity index (χ1) is 8.72. The molecule has 0 spiro atoms. The van der Waals surface area contributed by atoms with Crippen LogP contribution in [0.2, 0.25) is 0 Å². The van der Waals surface area contributed by atoms with Crippen LogP contribution >= 0.6 is 0 Å². The van der Waals surface area contributed by atoms with Gasteiger partial charge in [-0.1, -0.05) is 0 Å². The van der Waals surface area contributed by atoms with Crippen molar-refractivity contribution in [3.8, 4) is 17.2 Å². The third kappa shape index (κ3) is 2.71. The molecule has 0 aliphatic heterocycles. The lowest BCUT2D eigenvalue weighted by molar-refractivity contribution is 1.13. The molecule has 2 heterocycles. The fraction of sp³-hybridized carbons (Fsp3) is 0.0714. The van der Waals surface area contributed by atoms with Crippen molar-refractivity contribution in [1.29, 1.82) is 5.26 Å². The van der Waals surface area contributed by atoms with E-state index in [1.807, 2.05) is 18.2 Å². The molecule has 0 saturated heterocycles. The summed E-state index contributed by atoms with van der Waals surface area (Å²) in [6.45, 7) is 7.80. The van der Waals surface area contributed by atoms with E-state index in [4.69, 9.17) is 5.26 Å². The van der Waals surface area contributed by atoms with Crippen molar-refractivity contribution in [3.05, 3.63) is 65.4 Å². The minimum Gasteiger partial charge on any atom is -0.325 e. The monoisotopic (exact) mass is 239 g/mol. The van der Waals surface area contributed by atoms with E-state index < -0.39 is 0 Å². The van der Waals surface area contributed by atoms with Crippen LogP contribution in [0.3, 0.4) is 0 Å². The maximum atomic E-state index is 11.4. The zero-order chi connectivity index (χ0) is 13.5. The van der Waals surface area contributed by atoms with Crippen LogP contribution < -0.4 is 5.56 Å². The van der Waals surface area contributed by atoms with E-state index in [9.17, 15) is 4.79 Å². The molecule has 4 nitrogen and oxygen atoms in total. The number of H-pyrrole nitrogens is 1. The molecule has 0 fully saturated rings. The highest BCUT2D eigenvalue weighted by molar-refractivity contribution is 5.66. The quantitative estimate of drug-likeness (QED) is 0.777. The Kier molecular flexibility index (Phi) is 4.58. The van der Waals surface area contributed by atoms with E-state index in [0.717, 1.165) is 16.8 Å². The summed E-state index contributed by atoms with van der Waals surface area (Å²) in [6, 6.07) is 7.14. The Morgan fingerprint density at radius 1 is 1.33 bits per heavy atom. The normalized spacial score (nSPS) is 8.89. The lowest BCUT2D eigenvalue weighted by Gasteiger charge is -2.05. The summed E-state index contributed by atoms with van der Waals surface area (Å²) in [4.78, 5) is 17.9. The number of hydrogen-bond donors (Lipinski definition) is 1. The van der Waals surface area contributed by atoms with Gasteiger partial charge in [0.15, 0.2) is 0 Å². The highest BCUT2D eigenvalue weighted by Gasteiger charge is 2.06. The molecule has 0 amide bonds. The molecule has 0 aliphatic rings. The van der Waals surface area contributed by atoms with Crippen LogP contribution in [-0.2, 0) is 0 Å². The molecule has 0 unspecified atom stereocenters. The minimum atomic E-state index is -0.349. The van der Waals surface area contributed by atoms with Gasteiger partial charge in [-0.05, 0) is 30.7 Å². The zero-order valence-electron chi connectivity index (χ0n) is 10.1. The summed E-state index contributed by atoms with van der Waals surface area (Å²) in [6.07, 6.45) is 3.35. The fourth-order valence-electron chi connectivity index (χ4n) is 1.54. The van der Waals surface area contributed by atoms with Gasteiger partial charge in [-0.15, -0.1) is 13.2 Å². The zero-order valence-corrected chi connectivity index (χ0v) is 10.1. The van der Waals surface area contributed by atoms with E-state index in [-0.39, 0.29) is 11.1 Å². The highest BCUT2D eigenvalue weighted by Crippen LogP contribution is 2.20. The number of aromatic nitrogens is 2. The Balaban J connectivity index is 0.000000771. The number of nitrogens with zero attached hydrogens (tertiary/aromatic N) is 2. The Morgan fingerprint density at radius 3 is 2.50 bits per heavy atom. The first-order valence-electron chi connectivity index (χ1n) is 5.27. The van der Waals surface area contributed by atoms with Crippen molar-refractivity contribution in [1.82, 2.24) is 9.97 Å².